The van der Waals surface area contributed by atoms with E-state index in [1.807, 2.05) is 13.0 Å². The highest BCUT2D eigenvalue weighted by Gasteiger charge is 2.04. The van der Waals surface area contributed by atoms with Crippen LogP contribution in [0.25, 0.3) is 0 Å². The molecule has 1 aliphatic carbocycles. The fourth-order valence-corrected chi connectivity index (χ4v) is 1.25. The molecule has 0 atom stereocenters. The van der Waals surface area contributed by atoms with E-state index in [2.05, 4.69) is 13.0 Å². The Hall–Kier alpha value is -0.980. The van der Waals surface area contributed by atoms with Crippen molar-refractivity contribution in [3.8, 4) is 0 Å². The molecule has 1 N–H and O–H groups in total. The lowest BCUT2D eigenvalue weighted by atomic mass is 9.99. The molecule has 0 saturated heterocycles. The summed E-state index contributed by atoms with van der Waals surface area (Å²) < 4.78 is 0. The quantitative estimate of drug-likeness (QED) is 0.662. The van der Waals surface area contributed by atoms with Crippen molar-refractivity contribution >= 4 is 0 Å². The van der Waals surface area contributed by atoms with Gasteiger partial charge >= 0.3 is 0 Å². The summed E-state index contributed by atoms with van der Waals surface area (Å²) in [5, 5.41) is 9.29. The highest BCUT2D eigenvalue weighted by atomic mass is 16.3. The largest absolute Gasteiger partial charge is 0.508 e. The molecule has 0 unspecified atom stereocenters. The lowest BCUT2D eigenvalue weighted by molar-refractivity contribution is 0.422. The van der Waals surface area contributed by atoms with Gasteiger partial charge in [-0.3, -0.25) is 0 Å². The van der Waals surface area contributed by atoms with Gasteiger partial charge in [0.2, 0.25) is 0 Å². The average Bonchev–Trinajstić information content (AvgIpc) is 2.07. The Morgan fingerprint density at radius 1 is 1.50 bits per heavy atom. The standard InChI is InChI=1S/C11H16O/c1-3-4-5-10-6-7-11(12)9(2)8-10/h5-7,12H,3-4,8H2,1-2H3. The molecule has 0 radical (unpaired) electrons. The number of hydrogen-bond acceptors (Lipinski definition) is 1. The molecule has 0 aromatic carbocycles. The molecule has 1 heteroatoms. The molecular formula is C11H16O. The maximum absolute atomic E-state index is 9.29. The third kappa shape index (κ3) is 2.26. The number of aliphatic hydroxyl groups excluding tert-OH is 1. The summed E-state index contributed by atoms with van der Waals surface area (Å²) in [5.74, 6) is 0.434. The van der Waals surface area contributed by atoms with Crippen LogP contribution in [0, 0.1) is 0 Å². The first-order valence-electron chi connectivity index (χ1n) is 4.50. The molecule has 0 bridgehead atoms. The van der Waals surface area contributed by atoms with Crippen LogP contribution in [-0.4, -0.2) is 5.11 Å². The molecule has 66 valence electrons. The molecule has 0 amide bonds. The number of aliphatic hydroxyl groups is 1. The molecule has 0 fully saturated rings. The number of allylic oxidation sites excluding steroid dienone is 5. The van der Waals surface area contributed by atoms with E-state index in [-0.39, 0.29) is 0 Å². The van der Waals surface area contributed by atoms with E-state index in [0.717, 1.165) is 18.4 Å². The molecule has 1 aliphatic rings. The molecule has 0 aromatic heterocycles. The number of rotatable bonds is 2. The van der Waals surface area contributed by atoms with E-state index in [0.29, 0.717) is 5.76 Å². The van der Waals surface area contributed by atoms with Crippen molar-refractivity contribution in [1.29, 1.82) is 0 Å². The molecule has 0 aromatic rings. The van der Waals surface area contributed by atoms with Gasteiger partial charge in [0.15, 0.2) is 0 Å². The first-order valence-corrected chi connectivity index (χ1v) is 4.50. The summed E-state index contributed by atoms with van der Waals surface area (Å²) in [6.07, 6.45) is 9.24. The average molecular weight is 164 g/mol. The van der Waals surface area contributed by atoms with Gasteiger partial charge in [0.1, 0.15) is 5.76 Å². The van der Waals surface area contributed by atoms with Crippen molar-refractivity contribution < 1.29 is 5.11 Å². The highest BCUT2D eigenvalue weighted by Crippen LogP contribution is 2.21. The smallest absolute Gasteiger partial charge is 0.114 e. The minimum absolute atomic E-state index is 0.434. The van der Waals surface area contributed by atoms with Crippen LogP contribution in [0.5, 0.6) is 0 Å². The fraction of sp³-hybridized carbons (Fsp3) is 0.455. The Morgan fingerprint density at radius 3 is 2.83 bits per heavy atom. The van der Waals surface area contributed by atoms with Gasteiger partial charge in [0.05, 0.1) is 0 Å². The molecule has 1 rings (SSSR count). The molecule has 0 aliphatic heterocycles. The zero-order chi connectivity index (χ0) is 8.97. The van der Waals surface area contributed by atoms with Crippen molar-refractivity contribution in [3.05, 3.63) is 35.1 Å². The van der Waals surface area contributed by atoms with Crippen LogP contribution >= 0.6 is 0 Å². The SMILES string of the molecule is CCCC=C1C=CC(O)=C(C)C1. The third-order valence-corrected chi connectivity index (χ3v) is 2.06. The topological polar surface area (TPSA) is 20.2 Å². The van der Waals surface area contributed by atoms with Gasteiger partial charge < -0.3 is 5.11 Å². The summed E-state index contributed by atoms with van der Waals surface area (Å²) in [6, 6.07) is 0. The first-order chi connectivity index (χ1) is 5.74. The predicted molar refractivity (Wildman–Crippen MR) is 52.1 cm³/mol. The molecule has 0 spiro atoms. The van der Waals surface area contributed by atoms with E-state index < -0.39 is 0 Å². The van der Waals surface area contributed by atoms with Crippen molar-refractivity contribution in [1.82, 2.24) is 0 Å². The Bertz CT molecular complexity index is 244. The van der Waals surface area contributed by atoms with E-state index in [1.54, 1.807) is 6.08 Å². The fourth-order valence-electron chi connectivity index (χ4n) is 1.25. The van der Waals surface area contributed by atoms with Crippen LogP contribution in [0.2, 0.25) is 0 Å². The zero-order valence-electron chi connectivity index (χ0n) is 7.80. The van der Waals surface area contributed by atoms with Crippen LogP contribution in [0.15, 0.2) is 35.1 Å². The summed E-state index contributed by atoms with van der Waals surface area (Å²) in [4.78, 5) is 0. The van der Waals surface area contributed by atoms with E-state index in [1.165, 1.54) is 12.0 Å². The maximum atomic E-state index is 9.29. The van der Waals surface area contributed by atoms with E-state index in [9.17, 15) is 5.11 Å². The van der Waals surface area contributed by atoms with E-state index in [4.69, 9.17) is 0 Å². The second-order valence-corrected chi connectivity index (χ2v) is 3.24. The van der Waals surface area contributed by atoms with Crippen molar-refractivity contribution in [3.63, 3.8) is 0 Å². The summed E-state index contributed by atoms with van der Waals surface area (Å²) >= 11 is 0. The lowest BCUT2D eigenvalue weighted by Crippen LogP contribution is -1.93. The Balaban J connectivity index is 2.62. The van der Waals surface area contributed by atoms with Gasteiger partial charge in [-0.15, -0.1) is 0 Å². The zero-order valence-corrected chi connectivity index (χ0v) is 7.80. The van der Waals surface area contributed by atoms with Gasteiger partial charge in [-0.05, 0) is 37.0 Å². The van der Waals surface area contributed by atoms with Crippen LogP contribution in [-0.2, 0) is 0 Å². The highest BCUT2D eigenvalue weighted by molar-refractivity contribution is 5.36. The third-order valence-electron chi connectivity index (χ3n) is 2.06. The second kappa shape index (κ2) is 4.15. The van der Waals surface area contributed by atoms with Gasteiger partial charge in [-0.1, -0.05) is 25.5 Å². The number of unbranched alkanes of at least 4 members (excludes halogenated alkanes) is 1. The van der Waals surface area contributed by atoms with Crippen LogP contribution < -0.4 is 0 Å². The lowest BCUT2D eigenvalue weighted by Gasteiger charge is -2.09. The molecule has 0 heterocycles. The van der Waals surface area contributed by atoms with E-state index >= 15 is 0 Å². The van der Waals surface area contributed by atoms with Crippen molar-refractivity contribution in [2.45, 2.75) is 33.1 Å². The van der Waals surface area contributed by atoms with Crippen molar-refractivity contribution in [2.75, 3.05) is 0 Å². The van der Waals surface area contributed by atoms with Gasteiger partial charge in [0, 0.05) is 0 Å². The van der Waals surface area contributed by atoms with Crippen LogP contribution in [0.1, 0.15) is 33.1 Å². The molecular weight excluding hydrogens is 148 g/mol. The summed E-state index contributed by atoms with van der Waals surface area (Å²) in [6.45, 7) is 4.14. The Morgan fingerprint density at radius 2 is 2.25 bits per heavy atom. The van der Waals surface area contributed by atoms with Crippen LogP contribution in [0.4, 0.5) is 0 Å². The molecule has 0 saturated carbocycles. The second-order valence-electron chi connectivity index (χ2n) is 3.24. The number of hydrogen-bond donors (Lipinski definition) is 1. The van der Waals surface area contributed by atoms with Crippen LogP contribution in [0.3, 0.4) is 0 Å². The summed E-state index contributed by atoms with van der Waals surface area (Å²) in [7, 11) is 0. The normalized spacial score (nSPS) is 20.7. The molecule has 1 nitrogen and oxygen atoms in total. The summed E-state index contributed by atoms with van der Waals surface area (Å²) in [5.41, 5.74) is 2.40. The minimum Gasteiger partial charge on any atom is -0.508 e. The van der Waals surface area contributed by atoms with Gasteiger partial charge in [0.25, 0.3) is 0 Å². The Labute approximate surface area is 74.1 Å². The van der Waals surface area contributed by atoms with Gasteiger partial charge in [-0.2, -0.15) is 0 Å². The predicted octanol–water partition coefficient (Wildman–Crippen LogP) is 3.50. The first kappa shape index (κ1) is 9.11. The minimum atomic E-state index is 0.434. The maximum Gasteiger partial charge on any atom is 0.114 e. The van der Waals surface area contributed by atoms with Crippen molar-refractivity contribution in [2.24, 2.45) is 0 Å². The molecule has 12 heavy (non-hydrogen) atoms. The monoisotopic (exact) mass is 164 g/mol. The Kier molecular flexibility index (Phi) is 3.15. The van der Waals surface area contributed by atoms with Gasteiger partial charge in [-0.25, -0.2) is 0 Å².